The number of hydrogen-bond acceptors (Lipinski definition) is 4. The lowest BCUT2D eigenvalue weighted by Crippen LogP contribution is -2.02. The van der Waals surface area contributed by atoms with Gasteiger partial charge < -0.3 is 9.30 Å². The van der Waals surface area contributed by atoms with Gasteiger partial charge in [-0.25, -0.2) is 4.98 Å². The van der Waals surface area contributed by atoms with Crippen molar-refractivity contribution in [2.24, 2.45) is 0 Å². The predicted octanol–water partition coefficient (Wildman–Crippen LogP) is 6.59. The number of benzene rings is 3. The maximum Gasteiger partial charge on any atom is 0.141 e. The van der Waals surface area contributed by atoms with E-state index in [0.29, 0.717) is 0 Å². The van der Waals surface area contributed by atoms with Gasteiger partial charge in [-0.15, -0.1) is 0 Å². The number of imidazole rings is 1. The highest BCUT2D eigenvalue weighted by Gasteiger charge is 2.21. The fourth-order valence-corrected chi connectivity index (χ4v) is 4.93. The third-order valence-corrected chi connectivity index (χ3v) is 7.07. The summed E-state index contributed by atoms with van der Waals surface area (Å²) in [7, 11) is 0.667. The van der Waals surface area contributed by atoms with E-state index in [1.54, 1.807) is 25.8 Å². The highest BCUT2D eigenvalue weighted by atomic mass is 32.2. The Labute approximate surface area is 207 Å². The molecule has 0 radical (unpaired) electrons. The molecule has 176 valence electrons. The van der Waals surface area contributed by atoms with Gasteiger partial charge >= 0.3 is 0 Å². The molecule has 0 aliphatic carbocycles. The first-order chi connectivity index (χ1) is 17.1. The van der Waals surface area contributed by atoms with E-state index in [-0.39, 0.29) is 0 Å². The highest BCUT2D eigenvalue weighted by molar-refractivity contribution is 7.84. The first-order valence-electron chi connectivity index (χ1n) is 11.6. The zero-order valence-corrected chi connectivity index (χ0v) is 20.9. The monoisotopic (exact) mass is 481 g/mol. The molecule has 0 N–H and O–H groups in total. The minimum Gasteiger partial charge on any atom is -0.497 e. The normalized spacial score (nSPS) is 12.1. The Kier molecular flexibility index (Phi) is 6.47. The van der Waals surface area contributed by atoms with Crippen LogP contribution in [0, 0.1) is 0 Å². The van der Waals surface area contributed by atoms with E-state index in [1.165, 1.54) is 0 Å². The fraction of sp³-hybridized carbons (Fsp3) is 0.172. The SMILES string of the molecule is CCCn1c(-c2ccc(S(C)=O)cc2)nc(-c2ccncc2)c1-c1ccc2cc(OC)ccc2c1. The van der Waals surface area contributed by atoms with Crippen molar-refractivity contribution >= 4 is 21.6 Å². The van der Waals surface area contributed by atoms with Crippen LogP contribution in [0.1, 0.15) is 13.3 Å². The van der Waals surface area contributed by atoms with Crippen LogP contribution in [0.2, 0.25) is 0 Å². The summed E-state index contributed by atoms with van der Waals surface area (Å²) in [5.74, 6) is 1.74. The van der Waals surface area contributed by atoms with Crippen molar-refractivity contribution in [1.82, 2.24) is 14.5 Å². The summed E-state index contributed by atoms with van der Waals surface area (Å²) in [6.07, 6.45) is 6.27. The minimum absolute atomic E-state index is 0.807. The second kappa shape index (κ2) is 9.84. The summed E-state index contributed by atoms with van der Waals surface area (Å²) in [4.78, 5) is 10.2. The van der Waals surface area contributed by atoms with Gasteiger partial charge in [-0.1, -0.05) is 37.3 Å². The average molecular weight is 482 g/mol. The zero-order chi connectivity index (χ0) is 24.4. The van der Waals surface area contributed by atoms with Crippen LogP contribution in [0.15, 0.2) is 90.1 Å². The van der Waals surface area contributed by atoms with Gasteiger partial charge in [0.15, 0.2) is 0 Å². The van der Waals surface area contributed by atoms with Gasteiger partial charge in [0.05, 0.1) is 18.5 Å². The van der Waals surface area contributed by atoms with Crippen LogP contribution in [0.3, 0.4) is 0 Å². The lowest BCUT2D eigenvalue weighted by molar-refractivity contribution is 0.415. The molecule has 0 aliphatic heterocycles. The van der Waals surface area contributed by atoms with Crippen molar-refractivity contribution in [3.63, 3.8) is 0 Å². The zero-order valence-electron chi connectivity index (χ0n) is 20.1. The van der Waals surface area contributed by atoms with Crippen molar-refractivity contribution in [2.45, 2.75) is 24.8 Å². The van der Waals surface area contributed by atoms with Crippen molar-refractivity contribution in [3.8, 4) is 39.7 Å². The molecule has 5 rings (SSSR count). The minimum atomic E-state index is -1.02. The molecule has 0 amide bonds. The van der Waals surface area contributed by atoms with Crippen LogP contribution >= 0.6 is 0 Å². The number of nitrogens with zero attached hydrogens (tertiary/aromatic N) is 3. The standard InChI is InChI=1S/C29H27N3O2S/c1-4-17-32-28(24-6-5-23-19-25(34-2)10-7-22(23)18-24)27(20-13-15-30-16-14-20)31-29(32)21-8-11-26(12-9-21)35(3)33/h5-16,18-19H,4,17H2,1-3H3. The molecule has 35 heavy (non-hydrogen) atoms. The van der Waals surface area contributed by atoms with Gasteiger partial charge in [-0.2, -0.15) is 0 Å². The molecule has 3 aromatic carbocycles. The molecule has 0 bridgehead atoms. The van der Waals surface area contributed by atoms with Gasteiger partial charge in [0.25, 0.3) is 0 Å². The van der Waals surface area contributed by atoms with E-state index in [4.69, 9.17) is 9.72 Å². The van der Waals surface area contributed by atoms with E-state index in [9.17, 15) is 4.21 Å². The highest BCUT2D eigenvalue weighted by Crippen LogP contribution is 2.38. The maximum absolute atomic E-state index is 11.9. The molecule has 0 fully saturated rings. The smallest absolute Gasteiger partial charge is 0.141 e. The van der Waals surface area contributed by atoms with E-state index >= 15 is 0 Å². The van der Waals surface area contributed by atoms with E-state index in [2.05, 4.69) is 46.8 Å². The van der Waals surface area contributed by atoms with Gasteiger partial charge in [-0.05, 0) is 59.7 Å². The summed E-state index contributed by atoms with van der Waals surface area (Å²) in [5, 5.41) is 2.27. The maximum atomic E-state index is 11.9. The summed E-state index contributed by atoms with van der Waals surface area (Å²) >= 11 is 0. The van der Waals surface area contributed by atoms with E-state index in [0.717, 1.165) is 68.3 Å². The Morgan fingerprint density at radius 1 is 0.857 bits per heavy atom. The average Bonchev–Trinajstić information content (AvgIpc) is 3.28. The second-order valence-electron chi connectivity index (χ2n) is 8.43. The summed E-state index contributed by atoms with van der Waals surface area (Å²) in [6.45, 7) is 3.00. The fourth-order valence-electron chi connectivity index (χ4n) is 4.41. The Morgan fingerprint density at radius 2 is 1.54 bits per heavy atom. The molecule has 0 saturated heterocycles. The second-order valence-corrected chi connectivity index (χ2v) is 9.81. The van der Waals surface area contributed by atoms with Crippen molar-refractivity contribution in [2.75, 3.05) is 13.4 Å². The van der Waals surface area contributed by atoms with Crippen LogP contribution in [-0.2, 0) is 17.3 Å². The first kappa shape index (κ1) is 23.0. The number of methoxy groups -OCH3 is 1. The molecular weight excluding hydrogens is 454 g/mol. The van der Waals surface area contributed by atoms with Gasteiger partial charge in [0.2, 0.25) is 0 Å². The summed E-state index contributed by atoms with van der Waals surface area (Å²) in [5.41, 5.74) is 5.13. The Balaban J connectivity index is 1.75. The van der Waals surface area contributed by atoms with Crippen LogP contribution in [0.25, 0.3) is 44.7 Å². The Bertz CT molecular complexity index is 1510. The van der Waals surface area contributed by atoms with Crippen LogP contribution in [0.5, 0.6) is 5.75 Å². The number of fused-ring (bicyclic) bond motifs is 1. The van der Waals surface area contributed by atoms with Gasteiger partial charge in [0, 0.05) is 57.6 Å². The largest absolute Gasteiger partial charge is 0.497 e. The molecule has 2 aromatic heterocycles. The summed E-state index contributed by atoms with van der Waals surface area (Å²) in [6, 6.07) is 24.5. The van der Waals surface area contributed by atoms with Crippen LogP contribution in [0.4, 0.5) is 0 Å². The van der Waals surface area contributed by atoms with E-state index < -0.39 is 10.8 Å². The first-order valence-corrected chi connectivity index (χ1v) is 13.2. The number of pyridine rings is 1. The lowest BCUT2D eigenvalue weighted by Gasteiger charge is -2.13. The molecule has 2 heterocycles. The molecule has 0 saturated carbocycles. The third kappa shape index (κ3) is 4.49. The molecular formula is C29H27N3O2S. The molecule has 5 aromatic rings. The van der Waals surface area contributed by atoms with Crippen LogP contribution < -0.4 is 4.74 Å². The summed E-state index contributed by atoms with van der Waals surface area (Å²) < 4.78 is 19.6. The van der Waals surface area contributed by atoms with Crippen molar-refractivity contribution in [3.05, 3.63) is 85.2 Å². The van der Waals surface area contributed by atoms with Crippen molar-refractivity contribution < 1.29 is 8.95 Å². The number of ether oxygens (including phenoxy) is 1. The van der Waals surface area contributed by atoms with Crippen LogP contribution in [-0.4, -0.2) is 32.1 Å². The number of hydrogen-bond donors (Lipinski definition) is 0. The molecule has 6 heteroatoms. The van der Waals surface area contributed by atoms with Gasteiger partial charge in [0.1, 0.15) is 11.6 Å². The molecule has 5 nitrogen and oxygen atoms in total. The number of rotatable bonds is 7. The molecule has 0 spiro atoms. The number of aromatic nitrogens is 3. The quantitative estimate of drug-likeness (QED) is 0.263. The predicted molar refractivity (Wildman–Crippen MR) is 143 cm³/mol. The Hall–Kier alpha value is -3.77. The van der Waals surface area contributed by atoms with Crippen molar-refractivity contribution in [1.29, 1.82) is 0 Å². The lowest BCUT2D eigenvalue weighted by atomic mass is 10.0. The van der Waals surface area contributed by atoms with E-state index in [1.807, 2.05) is 42.5 Å². The molecule has 1 atom stereocenters. The Morgan fingerprint density at radius 3 is 2.23 bits per heavy atom. The molecule has 1 unspecified atom stereocenters. The molecule has 0 aliphatic rings. The topological polar surface area (TPSA) is 57.0 Å². The van der Waals surface area contributed by atoms with Gasteiger partial charge in [-0.3, -0.25) is 9.19 Å². The third-order valence-electron chi connectivity index (χ3n) is 6.13.